The van der Waals surface area contributed by atoms with Gasteiger partial charge in [-0.1, -0.05) is 12.8 Å². The zero-order valence-corrected chi connectivity index (χ0v) is 10.8. The van der Waals surface area contributed by atoms with E-state index < -0.39 is 0 Å². The average Bonchev–Trinajstić information content (AvgIpc) is 3.10. The summed E-state index contributed by atoms with van der Waals surface area (Å²) >= 11 is 0. The molecule has 0 saturated heterocycles. The van der Waals surface area contributed by atoms with E-state index in [1.54, 1.807) is 0 Å². The molecule has 104 valence electrons. The average molecular weight is 275 g/mol. The number of benzene rings is 1. The number of carbonyl (C=O) groups is 1. The van der Waals surface area contributed by atoms with Crippen LogP contribution in [0.1, 0.15) is 36.4 Å². The predicted molar refractivity (Wildman–Crippen MR) is 69.4 cm³/mol. The normalized spacial score (nSPS) is 15.4. The number of aromatic nitrogens is 2. The molecule has 20 heavy (non-hydrogen) atoms. The van der Waals surface area contributed by atoms with E-state index in [0.29, 0.717) is 5.56 Å². The molecule has 1 saturated carbocycles. The Kier molecular flexibility index (Phi) is 3.45. The molecule has 1 aromatic carbocycles. The number of nitrogens with one attached hydrogen (secondary N) is 1. The molecule has 5 nitrogen and oxygen atoms in total. The van der Waals surface area contributed by atoms with Crippen molar-refractivity contribution in [1.82, 2.24) is 15.5 Å². The third-order valence-electron chi connectivity index (χ3n) is 3.40. The molecule has 0 bridgehead atoms. The van der Waals surface area contributed by atoms with Gasteiger partial charge in [0.25, 0.3) is 0 Å². The third kappa shape index (κ3) is 2.68. The highest BCUT2D eigenvalue weighted by Crippen LogP contribution is 2.20. The van der Waals surface area contributed by atoms with Crippen molar-refractivity contribution in [3.8, 4) is 11.5 Å². The van der Waals surface area contributed by atoms with Gasteiger partial charge in [0.2, 0.25) is 5.89 Å². The van der Waals surface area contributed by atoms with Gasteiger partial charge in [0.1, 0.15) is 5.82 Å². The first-order chi connectivity index (χ1) is 9.72. The van der Waals surface area contributed by atoms with E-state index in [1.807, 2.05) is 0 Å². The van der Waals surface area contributed by atoms with Crippen LogP contribution in [0.4, 0.5) is 4.39 Å². The van der Waals surface area contributed by atoms with Crippen molar-refractivity contribution in [3.63, 3.8) is 0 Å². The van der Waals surface area contributed by atoms with E-state index in [0.717, 1.165) is 25.7 Å². The van der Waals surface area contributed by atoms with Gasteiger partial charge in [-0.15, -0.1) is 10.2 Å². The van der Waals surface area contributed by atoms with Gasteiger partial charge in [0.05, 0.1) is 0 Å². The summed E-state index contributed by atoms with van der Waals surface area (Å²) in [6, 6.07) is 5.86. The lowest BCUT2D eigenvalue weighted by Gasteiger charge is -2.08. The van der Waals surface area contributed by atoms with Crippen molar-refractivity contribution in [2.45, 2.75) is 31.7 Å². The Bertz CT molecular complexity index is 603. The molecule has 0 spiro atoms. The Labute approximate surface area is 115 Å². The number of halogens is 1. The summed E-state index contributed by atoms with van der Waals surface area (Å²) in [5, 5.41) is 10.4. The van der Waals surface area contributed by atoms with Crippen LogP contribution in [0.2, 0.25) is 0 Å². The number of rotatable bonds is 3. The van der Waals surface area contributed by atoms with Gasteiger partial charge in [-0.2, -0.15) is 0 Å². The molecule has 1 aliphatic carbocycles. The van der Waals surface area contributed by atoms with Crippen molar-refractivity contribution in [2.75, 3.05) is 0 Å². The minimum absolute atomic E-state index is 0.0591. The Balaban J connectivity index is 1.72. The number of hydrogen-bond acceptors (Lipinski definition) is 4. The van der Waals surface area contributed by atoms with Crippen LogP contribution >= 0.6 is 0 Å². The topological polar surface area (TPSA) is 68.0 Å². The number of carbonyl (C=O) groups excluding carboxylic acids is 1. The maximum Gasteiger partial charge on any atom is 0.309 e. The van der Waals surface area contributed by atoms with Crippen molar-refractivity contribution >= 4 is 5.91 Å². The summed E-state index contributed by atoms with van der Waals surface area (Å²) in [4.78, 5) is 11.9. The van der Waals surface area contributed by atoms with Crippen LogP contribution < -0.4 is 5.32 Å². The van der Waals surface area contributed by atoms with Gasteiger partial charge in [-0.25, -0.2) is 4.39 Å². The molecular formula is C14H14FN3O2. The first-order valence-corrected chi connectivity index (χ1v) is 6.63. The first-order valence-electron chi connectivity index (χ1n) is 6.63. The number of hydrogen-bond donors (Lipinski definition) is 1. The van der Waals surface area contributed by atoms with E-state index in [4.69, 9.17) is 4.42 Å². The second-order valence-electron chi connectivity index (χ2n) is 4.87. The second-order valence-corrected chi connectivity index (χ2v) is 4.87. The van der Waals surface area contributed by atoms with Crippen LogP contribution in [0.25, 0.3) is 11.5 Å². The molecule has 0 atom stereocenters. The monoisotopic (exact) mass is 275 g/mol. The van der Waals surface area contributed by atoms with Crippen LogP contribution in [0.3, 0.4) is 0 Å². The summed E-state index contributed by atoms with van der Waals surface area (Å²) in [5.41, 5.74) is 0.582. The molecule has 1 aromatic heterocycles. The Morgan fingerprint density at radius 2 is 1.90 bits per heavy atom. The Hall–Kier alpha value is -2.24. The van der Waals surface area contributed by atoms with Crippen LogP contribution in [0.5, 0.6) is 0 Å². The maximum atomic E-state index is 12.8. The van der Waals surface area contributed by atoms with E-state index in [2.05, 4.69) is 15.5 Å². The fourth-order valence-electron chi connectivity index (χ4n) is 2.34. The molecular weight excluding hydrogens is 261 g/mol. The standard InChI is InChI=1S/C14H14FN3O2/c15-10-7-5-9(6-8-10)13-17-18-14(20-13)12(19)16-11-3-1-2-4-11/h5-8,11H,1-4H2,(H,16,19). The zero-order chi connectivity index (χ0) is 13.9. The smallest absolute Gasteiger partial charge is 0.309 e. The zero-order valence-electron chi connectivity index (χ0n) is 10.8. The summed E-state index contributed by atoms with van der Waals surface area (Å²) in [6.45, 7) is 0. The molecule has 0 radical (unpaired) electrons. The quantitative estimate of drug-likeness (QED) is 0.934. The molecule has 3 rings (SSSR count). The maximum absolute atomic E-state index is 12.8. The van der Waals surface area contributed by atoms with Gasteiger partial charge in [0, 0.05) is 11.6 Å². The molecule has 1 fully saturated rings. The van der Waals surface area contributed by atoms with Crippen LogP contribution in [0, 0.1) is 5.82 Å². The largest absolute Gasteiger partial charge is 0.412 e. The molecule has 2 aromatic rings. The lowest BCUT2D eigenvalue weighted by molar-refractivity contribution is 0.0903. The molecule has 1 aliphatic rings. The SMILES string of the molecule is O=C(NC1CCCC1)c1nnc(-c2ccc(F)cc2)o1. The van der Waals surface area contributed by atoms with Crippen LogP contribution in [-0.2, 0) is 0 Å². The molecule has 0 unspecified atom stereocenters. The van der Waals surface area contributed by atoms with Crippen molar-refractivity contribution in [1.29, 1.82) is 0 Å². The van der Waals surface area contributed by atoms with Crippen molar-refractivity contribution in [3.05, 3.63) is 36.0 Å². The predicted octanol–water partition coefficient (Wildman–Crippen LogP) is 2.55. The first kappa shape index (κ1) is 12.8. The highest BCUT2D eigenvalue weighted by molar-refractivity contribution is 5.89. The summed E-state index contributed by atoms with van der Waals surface area (Å²) in [7, 11) is 0. The summed E-state index contributed by atoms with van der Waals surface area (Å²) < 4.78 is 18.2. The highest BCUT2D eigenvalue weighted by atomic mass is 19.1. The van der Waals surface area contributed by atoms with E-state index >= 15 is 0 Å². The van der Waals surface area contributed by atoms with E-state index in [1.165, 1.54) is 24.3 Å². The van der Waals surface area contributed by atoms with Gasteiger partial charge in [-0.3, -0.25) is 4.79 Å². The molecule has 1 amide bonds. The minimum atomic E-state index is -0.349. The van der Waals surface area contributed by atoms with Crippen molar-refractivity contribution in [2.24, 2.45) is 0 Å². The lowest BCUT2D eigenvalue weighted by atomic mass is 10.2. The van der Waals surface area contributed by atoms with Gasteiger partial charge in [-0.05, 0) is 37.1 Å². The number of amides is 1. The second kappa shape index (κ2) is 5.40. The fourth-order valence-corrected chi connectivity index (χ4v) is 2.34. The Morgan fingerprint density at radius 1 is 1.20 bits per heavy atom. The summed E-state index contributed by atoms with van der Waals surface area (Å²) in [5.74, 6) is -0.539. The molecule has 1 heterocycles. The highest BCUT2D eigenvalue weighted by Gasteiger charge is 2.21. The van der Waals surface area contributed by atoms with E-state index in [9.17, 15) is 9.18 Å². The van der Waals surface area contributed by atoms with Gasteiger partial charge >= 0.3 is 11.8 Å². The Morgan fingerprint density at radius 3 is 2.60 bits per heavy atom. The minimum Gasteiger partial charge on any atom is -0.412 e. The lowest BCUT2D eigenvalue weighted by Crippen LogP contribution is -2.32. The van der Waals surface area contributed by atoms with Gasteiger partial charge in [0.15, 0.2) is 0 Å². The molecule has 0 aliphatic heterocycles. The van der Waals surface area contributed by atoms with Crippen LogP contribution in [0.15, 0.2) is 28.7 Å². The van der Waals surface area contributed by atoms with Crippen LogP contribution in [-0.4, -0.2) is 22.1 Å². The molecule has 6 heteroatoms. The van der Waals surface area contributed by atoms with E-state index in [-0.39, 0.29) is 29.5 Å². The third-order valence-corrected chi connectivity index (χ3v) is 3.40. The fraction of sp³-hybridized carbons (Fsp3) is 0.357. The summed E-state index contributed by atoms with van der Waals surface area (Å²) in [6.07, 6.45) is 4.25. The number of nitrogens with zero attached hydrogens (tertiary/aromatic N) is 2. The molecule has 1 N–H and O–H groups in total. The van der Waals surface area contributed by atoms with Crippen molar-refractivity contribution < 1.29 is 13.6 Å². The van der Waals surface area contributed by atoms with Gasteiger partial charge < -0.3 is 9.73 Å².